The minimum atomic E-state index is -0.366. The van der Waals surface area contributed by atoms with Crippen LogP contribution in [0.25, 0.3) is 5.69 Å². The largest absolute Gasteiger partial charge is 0.322 e. The molecule has 0 fully saturated rings. The Morgan fingerprint density at radius 2 is 1.69 bits per heavy atom. The van der Waals surface area contributed by atoms with Gasteiger partial charge in [0.05, 0.1) is 17.1 Å². The van der Waals surface area contributed by atoms with Gasteiger partial charge in [-0.3, -0.25) is 9.69 Å². The third-order valence-corrected chi connectivity index (χ3v) is 7.44. The van der Waals surface area contributed by atoms with E-state index in [1.54, 1.807) is 4.90 Å². The molecule has 5 rings (SSSR count). The van der Waals surface area contributed by atoms with Gasteiger partial charge in [-0.15, -0.1) is 0 Å². The van der Waals surface area contributed by atoms with E-state index in [2.05, 4.69) is 16.8 Å². The summed E-state index contributed by atoms with van der Waals surface area (Å²) in [4.78, 5) is 31.2. The molecule has 4 aromatic rings. The highest BCUT2D eigenvalue weighted by Gasteiger charge is 2.37. The van der Waals surface area contributed by atoms with Gasteiger partial charge in [-0.25, -0.2) is 4.79 Å². The number of anilines is 2. The van der Waals surface area contributed by atoms with Crippen LogP contribution < -0.4 is 10.2 Å². The van der Waals surface area contributed by atoms with E-state index in [4.69, 9.17) is 11.6 Å². The number of unbranched alkanes of at least 4 members (excludes halogenated alkanes) is 1. The molecule has 6 nitrogen and oxygen atoms in total. The van der Waals surface area contributed by atoms with Crippen molar-refractivity contribution in [2.24, 2.45) is 0 Å². The van der Waals surface area contributed by atoms with Gasteiger partial charge in [0.1, 0.15) is 12.6 Å². The van der Waals surface area contributed by atoms with Crippen LogP contribution in [0, 0.1) is 13.8 Å². The standard InChI is InChI=1S/C32H33ClN4O2/c1-4-5-18-35(32(39)34-26-17-12-22(2)20-23(26)3)21-30(38)37-28-10-7-6-9-27(28)36-19-8-11-29(36)31(37)24-13-15-25(33)16-14-24/h6-17,19-20,31H,4-5,18,21H2,1-3H3,(H,34,39)/t31-/m0/s1. The maximum absolute atomic E-state index is 14.3. The van der Waals surface area contributed by atoms with E-state index < -0.39 is 0 Å². The van der Waals surface area contributed by atoms with Crippen molar-refractivity contribution in [1.29, 1.82) is 0 Å². The molecule has 1 atom stereocenters. The number of carbonyl (C=O) groups is 2. The highest BCUT2D eigenvalue weighted by Crippen LogP contribution is 2.42. The van der Waals surface area contributed by atoms with Gasteiger partial charge in [-0.2, -0.15) is 0 Å². The van der Waals surface area contributed by atoms with Crippen molar-refractivity contribution in [3.05, 3.63) is 112 Å². The van der Waals surface area contributed by atoms with Crippen LogP contribution >= 0.6 is 11.6 Å². The molecule has 0 bridgehead atoms. The number of aromatic nitrogens is 1. The van der Waals surface area contributed by atoms with Crippen LogP contribution in [-0.4, -0.2) is 34.5 Å². The van der Waals surface area contributed by atoms with Gasteiger partial charge in [0.2, 0.25) is 5.91 Å². The Morgan fingerprint density at radius 3 is 2.41 bits per heavy atom. The number of hydrogen-bond acceptors (Lipinski definition) is 2. The minimum Gasteiger partial charge on any atom is -0.316 e. The zero-order valence-electron chi connectivity index (χ0n) is 22.5. The predicted molar refractivity (Wildman–Crippen MR) is 158 cm³/mol. The summed E-state index contributed by atoms with van der Waals surface area (Å²) in [5.41, 5.74) is 6.52. The number of urea groups is 1. The summed E-state index contributed by atoms with van der Waals surface area (Å²) >= 11 is 6.21. The minimum absolute atomic E-state index is 0.0458. The molecule has 3 amide bonds. The van der Waals surface area contributed by atoms with Crippen LogP contribution in [0.1, 0.15) is 48.2 Å². The average molecular weight is 541 g/mol. The van der Waals surface area contributed by atoms with Crippen LogP contribution in [0.4, 0.5) is 16.2 Å². The smallest absolute Gasteiger partial charge is 0.316 e. The first-order valence-corrected chi connectivity index (χ1v) is 13.7. The lowest BCUT2D eigenvalue weighted by Gasteiger charge is -2.39. The molecule has 0 aliphatic carbocycles. The topological polar surface area (TPSA) is 57.6 Å². The first-order valence-electron chi connectivity index (χ1n) is 13.3. The third-order valence-electron chi connectivity index (χ3n) is 7.19. The van der Waals surface area contributed by atoms with Gasteiger partial charge in [-0.05, 0) is 73.9 Å². The first-order chi connectivity index (χ1) is 18.9. The number of para-hydroxylation sites is 2. The molecule has 3 aromatic carbocycles. The Bertz CT molecular complexity index is 1490. The molecule has 0 spiro atoms. The van der Waals surface area contributed by atoms with Crippen LogP contribution in [0.3, 0.4) is 0 Å². The van der Waals surface area contributed by atoms with E-state index in [0.717, 1.165) is 52.3 Å². The lowest BCUT2D eigenvalue weighted by molar-refractivity contribution is -0.119. The van der Waals surface area contributed by atoms with E-state index >= 15 is 0 Å². The molecule has 0 saturated heterocycles. The summed E-state index contributed by atoms with van der Waals surface area (Å²) in [6.45, 7) is 6.51. The Kier molecular flexibility index (Phi) is 7.75. The fourth-order valence-corrected chi connectivity index (χ4v) is 5.34. The summed E-state index contributed by atoms with van der Waals surface area (Å²) < 4.78 is 2.13. The Hall–Kier alpha value is -4.03. The summed E-state index contributed by atoms with van der Waals surface area (Å²) in [5.74, 6) is -0.151. The Balaban J connectivity index is 1.50. The molecular weight excluding hydrogens is 508 g/mol. The van der Waals surface area contributed by atoms with Crippen molar-refractivity contribution < 1.29 is 9.59 Å². The lowest BCUT2D eigenvalue weighted by atomic mass is 9.97. The molecule has 0 radical (unpaired) electrons. The fourth-order valence-electron chi connectivity index (χ4n) is 5.21. The molecule has 1 aromatic heterocycles. The van der Waals surface area contributed by atoms with Crippen molar-refractivity contribution in [2.45, 2.75) is 39.7 Å². The Morgan fingerprint density at radius 1 is 0.949 bits per heavy atom. The highest BCUT2D eigenvalue weighted by molar-refractivity contribution is 6.30. The summed E-state index contributed by atoms with van der Waals surface area (Å²) in [7, 11) is 0. The quantitative estimate of drug-likeness (QED) is 0.263. The van der Waals surface area contributed by atoms with Crippen LogP contribution in [0.5, 0.6) is 0 Å². The van der Waals surface area contributed by atoms with E-state index in [9.17, 15) is 9.59 Å². The monoisotopic (exact) mass is 540 g/mol. The maximum Gasteiger partial charge on any atom is 0.322 e. The van der Waals surface area contributed by atoms with Crippen molar-refractivity contribution in [3.63, 3.8) is 0 Å². The van der Waals surface area contributed by atoms with Crippen LogP contribution in [-0.2, 0) is 4.79 Å². The normalized spacial score (nSPS) is 13.9. The highest BCUT2D eigenvalue weighted by atomic mass is 35.5. The number of fused-ring (bicyclic) bond motifs is 3. The number of rotatable bonds is 7. The number of hydrogen-bond donors (Lipinski definition) is 1. The molecule has 1 aliphatic rings. The van der Waals surface area contributed by atoms with Gasteiger partial charge in [0.25, 0.3) is 0 Å². The van der Waals surface area contributed by atoms with Crippen molar-refractivity contribution >= 4 is 34.9 Å². The van der Waals surface area contributed by atoms with E-state index in [1.807, 2.05) is 104 Å². The van der Waals surface area contributed by atoms with Gasteiger partial charge >= 0.3 is 6.03 Å². The van der Waals surface area contributed by atoms with Gasteiger partial charge in [0, 0.05) is 23.5 Å². The van der Waals surface area contributed by atoms with Crippen molar-refractivity contribution in [1.82, 2.24) is 9.47 Å². The average Bonchev–Trinajstić information content (AvgIpc) is 3.42. The second kappa shape index (κ2) is 11.4. The first kappa shape index (κ1) is 26.6. The van der Waals surface area contributed by atoms with Gasteiger partial charge in [-0.1, -0.05) is 66.9 Å². The SMILES string of the molecule is CCCCN(CC(=O)N1c2ccccc2-n2cccc2[C@@H]1c1ccc(Cl)cc1)C(=O)Nc1ccc(C)cc1C. The van der Waals surface area contributed by atoms with Crippen molar-refractivity contribution in [2.75, 3.05) is 23.3 Å². The number of nitrogens with zero attached hydrogens (tertiary/aromatic N) is 3. The zero-order valence-corrected chi connectivity index (χ0v) is 23.3. The maximum atomic E-state index is 14.3. The van der Waals surface area contributed by atoms with Gasteiger partial charge in [0.15, 0.2) is 0 Å². The third kappa shape index (κ3) is 5.43. The predicted octanol–water partition coefficient (Wildman–Crippen LogP) is 7.52. The molecule has 7 heteroatoms. The second-order valence-corrected chi connectivity index (χ2v) is 10.5. The van der Waals surface area contributed by atoms with Gasteiger partial charge < -0.3 is 14.8 Å². The number of carbonyl (C=O) groups excluding carboxylic acids is 2. The zero-order chi connectivity index (χ0) is 27.5. The Labute approximate surface area is 234 Å². The summed E-state index contributed by atoms with van der Waals surface area (Å²) in [5, 5.41) is 3.67. The number of aryl methyl sites for hydroxylation is 2. The summed E-state index contributed by atoms with van der Waals surface area (Å²) in [6, 6.07) is 24.8. The molecule has 39 heavy (non-hydrogen) atoms. The molecule has 1 N–H and O–H groups in total. The van der Waals surface area contributed by atoms with E-state index in [1.165, 1.54) is 0 Å². The molecule has 200 valence electrons. The molecule has 1 aliphatic heterocycles. The van der Waals surface area contributed by atoms with Crippen LogP contribution in [0.15, 0.2) is 85.1 Å². The number of amides is 3. The number of halogens is 1. The van der Waals surface area contributed by atoms with Crippen LogP contribution in [0.2, 0.25) is 5.02 Å². The molecule has 2 heterocycles. The molecule has 0 unspecified atom stereocenters. The lowest BCUT2D eigenvalue weighted by Crippen LogP contribution is -2.48. The molecule has 0 saturated carbocycles. The molecular formula is C32H33ClN4O2. The van der Waals surface area contributed by atoms with Crippen molar-refractivity contribution in [3.8, 4) is 5.69 Å². The van der Waals surface area contributed by atoms with E-state index in [-0.39, 0.29) is 24.5 Å². The fraction of sp³-hybridized carbons (Fsp3) is 0.250. The number of benzene rings is 3. The number of nitrogens with one attached hydrogen (secondary N) is 1. The summed E-state index contributed by atoms with van der Waals surface area (Å²) in [6.07, 6.45) is 3.73. The second-order valence-electron chi connectivity index (χ2n) is 10.0. The van der Waals surface area contributed by atoms with E-state index in [0.29, 0.717) is 11.6 Å².